The molecule has 4 heteroatoms. The van der Waals surface area contributed by atoms with Crippen LogP contribution in [0.1, 0.15) is 42.7 Å². The molecule has 2 heterocycles. The van der Waals surface area contributed by atoms with Crippen LogP contribution < -0.4 is 5.32 Å². The van der Waals surface area contributed by atoms with Gasteiger partial charge >= 0.3 is 0 Å². The van der Waals surface area contributed by atoms with Crippen LogP contribution in [-0.4, -0.2) is 31.5 Å². The Hall–Kier alpha value is -1.36. The minimum Gasteiger partial charge on any atom is -0.459 e. The van der Waals surface area contributed by atoms with E-state index in [1.165, 1.54) is 11.1 Å². The van der Waals surface area contributed by atoms with Crippen LogP contribution in [0.3, 0.4) is 0 Å². The van der Waals surface area contributed by atoms with Crippen LogP contribution in [0.4, 0.5) is 0 Å². The van der Waals surface area contributed by atoms with Gasteiger partial charge in [-0.25, -0.2) is 0 Å². The van der Waals surface area contributed by atoms with Gasteiger partial charge in [-0.15, -0.1) is 0 Å². The van der Waals surface area contributed by atoms with Crippen molar-refractivity contribution >= 4 is 11.0 Å². The average Bonchev–Trinajstić information content (AvgIpc) is 2.97. The third-order valence-corrected chi connectivity index (χ3v) is 5.25. The fourth-order valence-corrected chi connectivity index (χ4v) is 3.20. The topological polar surface area (TPSA) is 54.6 Å². The first kappa shape index (κ1) is 16.5. The van der Waals surface area contributed by atoms with Gasteiger partial charge in [0.25, 0.3) is 0 Å². The Morgan fingerprint density at radius 3 is 2.57 bits per heavy atom. The Morgan fingerprint density at radius 2 is 1.87 bits per heavy atom. The van der Waals surface area contributed by atoms with Gasteiger partial charge in [0.05, 0.1) is 12.6 Å². The summed E-state index contributed by atoms with van der Waals surface area (Å²) in [6.45, 7) is 8.80. The van der Waals surface area contributed by atoms with Gasteiger partial charge in [0.15, 0.2) is 0 Å². The number of hydrogen-bond donors (Lipinski definition) is 2. The highest BCUT2D eigenvalue weighted by Gasteiger charge is 2.32. The van der Waals surface area contributed by atoms with Crippen LogP contribution in [0, 0.1) is 19.3 Å². The molecule has 0 bridgehead atoms. The molecule has 1 aliphatic rings. The fraction of sp³-hybridized carbons (Fsp3) is 0.579. The molecule has 4 nitrogen and oxygen atoms in total. The van der Waals surface area contributed by atoms with Crippen LogP contribution in [0.15, 0.2) is 22.6 Å². The molecule has 1 aromatic heterocycles. The van der Waals surface area contributed by atoms with Crippen molar-refractivity contribution in [2.24, 2.45) is 5.41 Å². The van der Waals surface area contributed by atoms with Crippen molar-refractivity contribution in [3.8, 4) is 0 Å². The normalized spacial score (nSPS) is 19.1. The molecule has 1 atom stereocenters. The molecule has 1 aliphatic heterocycles. The molecule has 1 unspecified atom stereocenters. The van der Waals surface area contributed by atoms with Crippen molar-refractivity contribution < 1.29 is 14.3 Å². The van der Waals surface area contributed by atoms with Crippen LogP contribution in [0.25, 0.3) is 11.0 Å². The number of furan rings is 1. The summed E-state index contributed by atoms with van der Waals surface area (Å²) in [4.78, 5) is 0. The lowest BCUT2D eigenvalue weighted by Gasteiger charge is -2.36. The van der Waals surface area contributed by atoms with Gasteiger partial charge in [-0.3, -0.25) is 0 Å². The van der Waals surface area contributed by atoms with Crippen molar-refractivity contribution in [1.29, 1.82) is 0 Å². The van der Waals surface area contributed by atoms with Crippen molar-refractivity contribution in [2.75, 3.05) is 26.4 Å². The Balaban J connectivity index is 1.71. The van der Waals surface area contributed by atoms with Crippen molar-refractivity contribution in [2.45, 2.75) is 39.7 Å². The number of rotatable bonds is 5. The maximum Gasteiger partial charge on any atom is 0.134 e. The zero-order chi connectivity index (χ0) is 16.4. The van der Waals surface area contributed by atoms with Gasteiger partial charge in [-0.05, 0) is 62.9 Å². The highest BCUT2D eigenvalue weighted by atomic mass is 16.5. The summed E-state index contributed by atoms with van der Waals surface area (Å²) >= 11 is 0. The van der Waals surface area contributed by atoms with E-state index < -0.39 is 0 Å². The SMILES string of the molecule is Cc1cc2cc(C(C)NCC3(CO)CCOCC3)oc2cc1C. The van der Waals surface area contributed by atoms with Gasteiger partial charge in [0, 0.05) is 30.6 Å². The third-order valence-electron chi connectivity index (χ3n) is 5.25. The monoisotopic (exact) mass is 317 g/mol. The number of hydrogen-bond acceptors (Lipinski definition) is 4. The zero-order valence-electron chi connectivity index (χ0n) is 14.3. The summed E-state index contributed by atoms with van der Waals surface area (Å²) in [6, 6.07) is 6.52. The second kappa shape index (κ2) is 6.63. The summed E-state index contributed by atoms with van der Waals surface area (Å²) in [5.41, 5.74) is 3.41. The van der Waals surface area contributed by atoms with Gasteiger partial charge in [-0.1, -0.05) is 0 Å². The summed E-state index contributed by atoms with van der Waals surface area (Å²) in [6.07, 6.45) is 1.81. The summed E-state index contributed by atoms with van der Waals surface area (Å²) in [5, 5.41) is 14.5. The molecule has 0 aliphatic carbocycles. The van der Waals surface area contributed by atoms with E-state index in [1.807, 2.05) is 0 Å². The molecule has 23 heavy (non-hydrogen) atoms. The summed E-state index contributed by atoms with van der Waals surface area (Å²) < 4.78 is 11.4. The number of aryl methyl sites for hydroxylation is 2. The van der Waals surface area contributed by atoms with Crippen LogP contribution >= 0.6 is 0 Å². The number of aliphatic hydroxyl groups excluding tert-OH is 1. The highest BCUT2D eigenvalue weighted by Crippen LogP contribution is 2.31. The molecule has 1 saturated heterocycles. The fourth-order valence-electron chi connectivity index (χ4n) is 3.20. The molecular weight excluding hydrogens is 290 g/mol. The number of ether oxygens (including phenoxy) is 1. The van der Waals surface area contributed by atoms with Crippen LogP contribution in [0.5, 0.6) is 0 Å². The second-order valence-corrected chi connectivity index (χ2v) is 7.00. The van der Waals surface area contributed by atoms with Crippen LogP contribution in [0.2, 0.25) is 0 Å². The lowest BCUT2D eigenvalue weighted by Crippen LogP contribution is -2.42. The van der Waals surface area contributed by atoms with E-state index in [2.05, 4.69) is 44.3 Å². The van der Waals surface area contributed by atoms with E-state index in [1.54, 1.807) is 0 Å². The lowest BCUT2D eigenvalue weighted by molar-refractivity contribution is -0.0165. The first-order chi connectivity index (χ1) is 11.0. The predicted octanol–water partition coefficient (Wildman–Crippen LogP) is 3.49. The molecule has 3 rings (SSSR count). The maximum atomic E-state index is 9.78. The van der Waals surface area contributed by atoms with Crippen molar-refractivity contribution in [3.05, 3.63) is 35.1 Å². The molecule has 0 saturated carbocycles. The van der Waals surface area contributed by atoms with E-state index in [0.717, 1.165) is 49.3 Å². The van der Waals surface area contributed by atoms with Gasteiger partial charge in [0.1, 0.15) is 11.3 Å². The summed E-state index contributed by atoms with van der Waals surface area (Å²) in [5.74, 6) is 0.949. The maximum absolute atomic E-state index is 9.78. The van der Waals surface area contributed by atoms with E-state index in [9.17, 15) is 5.11 Å². The number of fused-ring (bicyclic) bond motifs is 1. The Labute approximate surface area is 137 Å². The Kier molecular flexibility index (Phi) is 4.76. The van der Waals surface area contributed by atoms with E-state index in [-0.39, 0.29) is 18.1 Å². The predicted molar refractivity (Wildman–Crippen MR) is 91.7 cm³/mol. The molecule has 126 valence electrons. The Morgan fingerprint density at radius 1 is 1.17 bits per heavy atom. The standard InChI is InChI=1S/C19H27NO3/c1-13-8-16-10-17(23-18(16)9-14(13)2)15(3)20-11-19(12-21)4-6-22-7-5-19/h8-10,15,20-21H,4-7,11-12H2,1-3H3. The lowest BCUT2D eigenvalue weighted by atomic mass is 9.81. The Bertz CT molecular complexity index is 632. The molecule has 0 spiro atoms. The summed E-state index contributed by atoms with van der Waals surface area (Å²) in [7, 11) is 0. The molecular formula is C19H27NO3. The van der Waals surface area contributed by atoms with Gasteiger partial charge in [-0.2, -0.15) is 0 Å². The first-order valence-electron chi connectivity index (χ1n) is 8.46. The molecule has 2 aromatic rings. The van der Waals surface area contributed by atoms with E-state index >= 15 is 0 Å². The zero-order valence-corrected chi connectivity index (χ0v) is 14.3. The van der Waals surface area contributed by atoms with Gasteiger partial charge < -0.3 is 19.6 Å². The van der Waals surface area contributed by atoms with E-state index in [0.29, 0.717) is 0 Å². The van der Waals surface area contributed by atoms with Gasteiger partial charge in [0.2, 0.25) is 0 Å². The molecule has 0 radical (unpaired) electrons. The number of aliphatic hydroxyl groups is 1. The first-order valence-corrected chi connectivity index (χ1v) is 8.46. The third kappa shape index (κ3) is 3.44. The largest absolute Gasteiger partial charge is 0.459 e. The molecule has 2 N–H and O–H groups in total. The minimum absolute atomic E-state index is 0.0638. The molecule has 1 aromatic carbocycles. The minimum atomic E-state index is -0.0638. The molecule has 1 fully saturated rings. The average molecular weight is 317 g/mol. The smallest absolute Gasteiger partial charge is 0.134 e. The molecule has 0 amide bonds. The van der Waals surface area contributed by atoms with E-state index in [4.69, 9.17) is 9.15 Å². The number of benzene rings is 1. The van der Waals surface area contributed by atoms with Crippen molar-refractivity contribution in [3.63, 3.8) is 0 Å². The van der Waals surface area contributed by atoms with Crippen molar-refractivity contribution in [1.82, 2.24) is 5.32 Å². The second-order valence-electron chi connectivity index (χ2n) is 7.00. The quantitative estimate of drug-likeness (QED) is 0.886. The van der Waals surface area contributed by atoms with Crippen LogP contribution in [-0.2, 0) is 4.74 Å². The number of nitrogens with one attached hydrogen (secondary N) is 1. The highest BCUT2D eigenvalue weighted by molar-refractivity contribution is 5.79.